The van der Waals surface area contributed by atoms with Crippen molar-refractivity contribution >= 4 is 23.6 Å². The standard InChI is InChI=1S/C20H26N6O3/c1-2-21-17-8-9-18(24-23-17)25-10-12-26(13-11-25)19(27)14-22-20(28)29-15-16-6-4-3-5-7-16/h3-9H,2,10-15H2,1H3,(H,21,23)(H,22,28). The Morgan fingerprint density at radius 3 is 2.45 bits per heavy atom. The van der Waals surface area contributed by atoms with Crippen molar-refractivity contribution in [1.82, 2.24) is 20.4 Å². The van der Waals surface area contributed by atoms with Gasteiger partial charge in [-0.1, -0.05) is 30.3 Å². The van der Waals surface area contributed by atoms with Crippen LogP contribution in [0.1, 0.15) is 12.5 Å². The number of ether oxygens (including phenoxy) is 1. The minimum Gasteiger partial charge on any atom is -0.445 e. The van der Waals surface area contributed by atoms with Crippen molar-refractivity contribution in [1.29, 1.82) is 0 Å². The van der Waals surface area contributed by atoms with Crippen molar-refractivity contribution in [3.05, 3.63) is 48.0 Å². The Balaban J connectivity index is 1.37. The number of amides is 2. The van der Waals surface area contributed by atoms with Crippen molar-refractivity contribution in [3.8, 4) is 0 Å². The second kappa shape index (κ2) is 10.3. The van der Waals surface area contributed by atoms with E-state index in [9.17, 15) is 9.59 Å². The summed E-state index contributed by atoms with van der Waals surface area (Å²) < 4.78 is 5.12. The van der Waals surface area contributed by atoms with Crippen molar-refractivity contribution in [3.63, 3.8) is 0 Å². The molecule has 1 aliphatic rings. The van der Waals surface area contributed by atoms with E-state index in [1.807, 2.05) is 49.4 Å². The Morgan fingerprint density at radius 1 is 1.03 bits per heavy atom. The van der Waals surface area contributed by atoms with Crippen LogP contribution >= 0.6 is 0 Å². The quantitative estimate of drug-likeness (QED) is 0.729. The molecule has 29 heavy (non-hydrogen) atoms. The van der Waals surface area contributed by atoms with Gasteiger partial charge in [0.05, 0.1) is 0 Å². The molecule has 0 atom stereocenters. The lowest BCUT2D eigenvalue weighted by Crippen LogP contribution is -2.51. The molecule has 9 heteroatoms. The number of hydrogen-bond donors (Lipinski definition) is 2. The number of rotatable bonds is 7. The maximum atomic E-state index is 12.3. The van der Waals surface area contributed by atoms with Gasteiger partial charge in [0.15, 0.2) is 5.82 Å². The third-order valence-corrected chi connectivity index (χ3v) is 4.56. The van der Waals surface area contributed by atoms with E-state index in [2.05, 4.69) is 25.7 Å². The Kier molecular flexibility index (Phi) is 7.21. The molecule has 1 aromatic carbocycles. The second-order valence-corrected chi connectivity index (χ2v) is 6.59. The van der Waals surface area contributed by atoms with Crippen molar-refractivity contribution in [2.75, 3.05) is 49.5 Å². The first-order valence-electron chi connectivity index (χ1n) is 9.70. The molecule has 0 saturated carbocycles. The summed E-state index contributed by atoms with van der Waals surface area (Å²) in [6.45, 7) is 5.36. The summed E-state index contributed by atoms with van der Waals surface area (Å²) in [6.07, 6.45) is -0.600. The zero-order valence-corrected chi connectivity index (χ0v) is 16.5. The van der Waals surface area contributed by atoms with Crippen LogP contribution in [0.25, 0.3) is 0 Å². The van der Waals surface area contributed by atoms with Gasteiger partial charge in [0, 0.05) is 32.7 Å². The zero-order valence-electron chi connectivity index (χ0n) is 16.5. The van der Waals surface area contributed by atoms with E-state index < -0.39 is 6.09 Å². The molecule has 2 N–H and O–H groups in total. The fraction of sp³-hybridized carbons (Fsp3) is 0.400. The SMILES string of the molecule is CCNc1ccc(N2CCN(C(=O)CNC(=O)OCc3ccccc3)CC2)nn1. The molecule has 9 nitrogen and oxygen atoms in total. The van der Waals surface area contributed by atoms with E-state index in [0.717, 1.165) is 23.7 Å². The first-order chi connectivity index (χ1) is 14.2. The molecule has 2 aromatic rings. The van der Waals surface area contributed by atoms with Crippen LogP contribution in [-0.2, 0) is 16.1 Å². The Morgan fingerprint density at radius 2 is 1.79 bits per heavy atom. The van der Waals surface area contributed by atoms with Crippen LogP contribution < -0.4 is 15.5 Å². The highest BCUT2D eigenvalue weighted by Crippen LogP contribution is 2.14. The fourth-order valence-electron chi connectivity index (χ4n) is 2.99. The largest absolute Gasteiger partial charge is 0.445 e. The normalized spacial score (nSPS) is 13.7. The highest BCUT2D eigenvalue weighted by atomic mass is 16.5. The second-order valence-electron chi connectivity index (χ2n) is 6.59. The summed E-state index contributed by atoms with van der Waals surface area (Å²) in [5, 5.41) is 14.0. The molecule has 0 bridgehead atoms. The van der Waals surface area contributed by atoms with Crippen LogP contribution in [0.4, 0.5) is 16.4 Å². The summed E-state index contributed by atoms with van der Waals surface area (Å²) in [7, 11) is 0. The van der Waals surface area contributed by atoms with E-state index in [1.165, 1.54) is 0 Å². The average molecular weight is 398 g/mol. The van der Waals surface area contributed by atoms with Gasteiger partial charge in [0.2, 0.25) is 5.91 Å². The maximum absolute atomic E-state index is 12.3. The molecule has 1 aliphatic heterocycles. The Hall–Kier alpha value is -3.36. The Bertz CT molecular complexity index is 792. The first kappa shape index (κ1) is 20.4. The zero-order chi connectivity index (χ0) is 20.5. The lowest BCUT2D eigenvalue weighted by Gasteiger charge is -2.35. The van der Waals surface area contributed by atoms with Gasteiger partial charge in [-0.15, -0.1) is 10.2 Å². The number of nitrogens with one attached hydrogen (secondary N) is 2. The smallest absolute Gasteiger partial charge is 0.407 e. The molecule has 0 unspecified atom stereocenters. The number of nitrogens with zero attached hydrogens (tertiary/aromatic N) is 4. The number of aromatic nitrogens is 2. The van der Waals surface area contributed by atoms with Gasteiger partial charge in [-0.25, -0.2) is 4.79 Å². The molecule has 1 aromatic heterocycles. The lowest BCUT2D eigenvalue weighted by molar-refractivity contribution is -0.130. The lowest BCUT2D eigenvalue weighted by atomic mass is 10.2. The number of piperazine rings is 1. The van der Waals surface area contributed by atoms with Gasteiger partial charge >= 0.3 is 6.09 Å². The first-order valence-corrected chi connectivity index (χ1v) is 9.70. The maximum Gasteiger partial charge on any atom is 0.407 e. The van der Waals surface area contributed by atoms with Crippen molar-refractivity contribution in [2.24, 2.45) is 0 Å². The van der Waals surface area contributed by atoms with E-state index in [1.54, 1.807) is 4.90 Å². The van der Waals surface area contributed by atoms with Crippen LogP contribution in [0.15, 0.2) is 42.5 Å². The number of carbonyl (C=O) groups is 2. The summed E-state index contributed by atoms with van der Waals surface area (Å²) in [6, 6.07) is 13.2. The number of anilines is 2. The summed E-state index contributed by atoms with van der Waals surface area (Å²) in [5.41, 5.74) is 0.895. The van der Waals surface area contributed by atoms with Crippen molar-refractivity contribution < 1.29 is 14.3 Å². The molecule has 1 fully saturated rings. The van der Waals surface area contributed by atoms with Gasteiger partial charge in [0.1, 0.15) is 19.0 Å². The molecule has 1 saturated heterocycles. The molecule has 0 radical (unpaired) electrons. The van der Waals surface area contributed by atoms with Gasteiger partial charge in [-0.05, 0) is 24.6 Å². The predicted molar refractivity (Wildman–Crippen MR) is 110 cm³/mol. The van der Waals surface area contributed by atoms with Crippen LogP contribution in [0.2, 0.25) is 0 Å². The topological polar surface area (TPSA) is 99.7 Å². The number of benzene rings is 1. The summed E-state index contributed by atoms with van der Waals surface area (Å²) in [5.74, 6) is 1.41. The van der Waals surface area contributed by atoms with Crippen LogP contribution in [0.3, 0.4) is 0 Å². The average Bonchev–Trinajstić information content (AvgIpc) is 2.77. The van der Waals surface area contributed by atoms with Gasteiger partial charge in [-0.2, -0.15) is 0 Å². The third-order valence-electron chi connectivity index (χ3n) is 4.56. The van der Waals surface area contributed by atoms with E-state index in [0.29, 0.717) is 26.2 Å². The van der Waals surface area contributed by atoms with E-state index >= 15 is 0 Å². The number of carbonyl (C=O) groups excluding carboxylic acids is 2. The molecule has 3 rings (SSSR count). The van der Waals surface area contributed by atoms with Crippen LogP contribution in [0, 0.1) is 0 Å². The summed E-state index contributed by atoms with van der Waals surface area (Å²) in [4.78, 5) is 27.9. The van der Waals surface area contributed by atoms with Crippen molar-refractivity contribution in [2.45, 2.75) is 13.5 Å². The molecule has 2 amide bonds. The van der Waals surface area contributed by atoms with Crippen LogP contribution in [-0.4, -0.2) is 66.4 Å². The molecule has 154 valence electrons. The monoisotopic (exact) mass is 398 g/mol. The molecule has 0 aliphatic carbocycles. The summed E-state index contributed by atoms with van der Waals surface area (Å²) >= 11 is 0. The number of alkyl carbamates (subject to hydrolysis) is 1. The molecule has 0 spiro atoms. The van der Waals surface area contributed by atoms with E-state index in [-0.39, 0.29) is 19.1 Å². The molecular weight excluding hydrogens is 372 g/mol. The predicted octanol–water partition coefficient (Wildman–Crippen LogP) is 1.48. The third kappa shape index (κ3) is 6.06. The van der Waals surface area contributed by atoms with E-state index in [4.69, 9.17) is 4.74 Å². The number of hydrogen-bond acceptors (Lipinski definition) is 7. The molecular formula is C20H26N6O3. The minimum atomic E-state index is -0.600. The van der Waals surface area contributed by atoms with Gasteiger partial charge in [-0.3, -0.25) is 4.79 Å². The highest BCUT2D eigenvalue weighted by Gasteiger charge is 2.22. The van der Waals surface area contributed by atoms with Gasteiger partial charge < -0.3 is 25.2 Å². The highest BCUT2D eigenvalue weighted by molar-refractivity contribution is 5.82. The molecule has 2 heterocycles. The minimum absolute atomic E-state index is 0.0786. The van der Waals surface area contributed by atoms with Crippen LogP contribution in [0.5, 0.6) is 0 Å². The fourth-order valence-corrected chi connectivity index (χ4v) is 2.99. The Labute approximate surface area is 170 Å². The van der Waals surface area contributed by atoms with Gasteiger partial charge in [0.25, 0.3) is 0 Å².